The van der Waals surface area contributed by atoms with Gasteiger partial charge in [-0.05, 0) is 12.1 Å². The maximum atomic E-state index is 5.87. The summed E-state index contributed by atoms with van der Waals surface area (Å²) in [7, 11) is 0. The van der Waals surface area contributed by atoms with Gasteiger partial charge in [-0.1, -0.05) is 17.7 Å². The van der Waals surface area contributed by atoms with E-state index in [-0.39, 0.29) is 12.4 Å². The van der Waals surface area contributed by atoms with E-state index in [1.54, 1.807) is 6.20 Å². The van der Waals surface area contributed by atoms with E-state index in [1.807, 2.05) is 18.2 Å². The number of aromatic nitrogens is 1. The molecule has 0 saturated heterocycles. The zero-order valence-corrected chi connectivity index (χ0v) is 7.75. The number of nitrogen functional groups attached to an aromatic ring is 1. The van der Waals surface area contributed by atoms with E-state index in [0.717, 1.165) is 10.9 Å². The Morgan fingerprint density at radius 2 is 2.08 bits per heavy atom. The fourth-order valence-corrected chi connectivity index (χ4v) is 1.44. The average Bonchev–Trinajstić information content (AvgIpc) is 2.34. The summed E-state index contributed by atoms with van der Waals surface area (Å²) in [4.78, 5) is 3.02. The highest BCUT2D eigenvalue weighted by molar-refractivity contribution is 6.36. The molecule has 2 rings (SSSR count). The molecule has 0 spiro atoms. The van der Waals surface area contributed by atoms with Gasteiger partial charge in [0.25, 0.3) is 0 Å². The first kappa shape index (κ1) is 9.23. The Labute approximate surface area is 81.1 Å². The van der Waals surface area contributed by atoms with E-state index in [9.17, 15) is 0 Å². The highest BCUT2D eigenvalue weighted by Crippen LogP contribution is 2.27. The molecular weight excluding hydrogens is 195 g/mol. The van der Waals surface area contributed by atoms with Crippen molar-refractivity contribution < 1.29 is 0 Å². The summed E-state index contributed by atoms with van der Waals surface area (Å²) < 4.78 is 0. The van der Waals surface area contributed by atoms with Crippen LogP contribution in [0, 0.1) is 0 Å². The molecule has 0 radical (unpaired) electrons. The van der Waals surface area contributed by atoms with Crippen LogP contribution in [0.2, 0.25) is 5.02 Å². The number of nitrogens with one attached hydrogen (secondary N) is 1. The number of fused-ring (bicyclic) bond motifs is 1. The van der Waals surface area contributed by atoms with E-state index < -0.39 is 0 Å². The Balaban J connectivity index is 0.000000720. The zero-order valence-electron chi connectivity index (χ0n) is 6.17. The molecule has 0 saturated carbocycles. The first-order chi connectivity index (χ1) is 5.29. The van der Waals surface area contributed by atoms with E-state index in [1.165, 1.54) is 0 Å². The lowest BCUT2D eigenvalue weighted by molar-refractivity contribution is 1.48. The lowest BCUT2D eigenvalue weighted by atomic mass is 10.2. The number of nitrogens with two attached hydrogens (primary N) is 1. The molecule has 0 aliphatic carbocycles. The van der Waals surface area contributed by atoms with Gasteiger partial charge in [-0.3, -0.25) is 0 Å². The van der Waals surface area contributed by atoms with Crippen LogP contribution in [0.15, 0.2) is 24.4 Å². The van der Waals surface area contributed by atoms with Gasteiger partial charge in [0.1, 0.15) is 0 Å². The second-order valence-corrected chi connectivity index (χ2v) is 2.81. The van der Waals surface area contributed by atoms with Crippen molar-refractivity contribution in [2.45, 2.75) is 0 Å². The molecule has 0 aliphatic heterocycles. The number of anilines is 1. The molecule has 4 heteroatoms. The number of hydrogen-bond donors (Lipinski definition) is 2. The highest BCUT2D eigenvalue weighted by atomic mass is 35.5. The van der Waals surface area contributed by atoms with Crippen molar-refractivity contribution in [2.75, 3.05) is 5.73 Å². The lowest BCUT2D eigenvalue weighted by Gasteiger charge is -1.94. The van der Waals surface area contributed by atoms with Crippen molar-refractivity contribution in [3.05, 3.63) is 29.4 Å². The van der Waals surface area contributed by atoms with Gasteiger partial charge in [0.2, 0.25) is 0 Å². The molecule has 1 aromatic carbocycles. The third kappa shape index (κ3) is 1.24. The maximum Gasteiger partial charge on any atom is 0.0679 e. The highest BCUT2D eigenvalue weighted by Gasteiger charge is 2.02. The number of aromatic amines is 1. The van der Waals surface area contributed by atoms with Crippen molar-refractivity contribution in [2.24, 2.45) is 0 Å². The maximum absolute atomic E-state index is 5.87. The summed E-state index contributed by atoms with van der Waals surface area (Å²) in [5.41, 5.74) is 7.39. The Kier molecular flexibility index (Phi) is 2.50. The normalized spacial score (nSPS) is 9.75. The molecule has 1 heterocycles. The minimum Gasteiger partial charge on any atom is -0.398 e. The van der Waals surface area contributed by atoms with E-state index in [4.69, 9.17) is 17.3 Å². The summed E-state index contributed by atoms with van der Waals surface area (Å²) in [5, 5.41) is 1.59. The van der Waals surface area contributed by atoms with Crippen LogP contribution in [0.3, 0.4) is 0 Å². The summed E-state index contributed by atoms with van der Waals surface area (Å²) in [5.74, 6) is 0. The monoisotopic (exact) mass is 202 g/mol. The average molecular weight is 203 g/mol. The van der Waals surface area contributed by atoms with Crippen LogP contribution in [0.5, 0.6) is 0 Å². The smallest absolute Gasteiger partial charge is 0.0679 e. The van der Waals surface area contributed by atoms with Gasteiger partial charge in [0.05, 0.1) is 5.02 Å². The molecule has 2 aromatic rings. The second kappa shape index (κ2) is 3.25. The van der Waals surface area contributed by atoms with Crippen LogP contribution in [-0.4, -0.2) is 4.98 Å². The topological polar surface area (TPSA) is 41.8 Å². The molecule has 0 amide bonds. The van der Waals surface area contributed by atoms with Crippen molar-refractivity contribution in [3.63, 3.8) is 0 Å². The Morgan fingerprint density at radius 3 is 2.75 bits per heavy atom. The van der Waals surface area contributed by atoms with Crippen molar-refractivity contribution >= 4 is 40.6 Å². The van der Waals surface area contributed by atoms with Crippen LogP contribution in [-0.2, 0) is 0 Å². The van der Waals surface area contributed by atoms with E-state index in [2.05, 4.69) is 4.98 Å². The Bertz CT molecular complexity index is 395. The molecular formula is C8H8Cl2N2. The molecule has 64 valence electrons. The third-order valence-electron chi connectivity index (χ3n) is 1.69. The van der Waals surface area contributed by atoms with Crippen molar-refractivity contribution in [1.29, 1.82) is 0 Å². The molecule has 12 heavy (non-hydrogen) atoms. The summed E-state index contributed by atoms with van der Waals surface area (Å²) in [6.45, 7) is 0. The van der Waals surface area contributed by atoms with Crippen LogP contribution < -0.4 is 5.73 Å². The minimum atomic E-state index is 0. The number of benzene rings is 1. The standard InChI is InChI=1S/C8H7ClN2.ClH/c9-5-4-11-7-3-1-2-6(10)8(5)7;/h1-4,11H,10H2;1H. The lowest BCUT2D eigenvalue weighted by Crippen LogP contribution is -1.83. The van der Waals surface area contributed by atoms with E-state index >= 15 is 0 Å². The first-order valence-corrected chi connectivity index (χ1v) is 3.68. The van der Waals surface area contributed by atoms with Crippen LogP contribution in [0.4, 0.5) is 5.69 Å². The van der Waals surface area contributed by atoms with Gasteiger partial charge in [-0.15, -0.1) is 12.4 Å². The van der Waals surface area contributed by atoms with Gasteiger partial charge in [0.15, 0.2) is 0 Å². The van der Waals surface area contributed by atoms with Crippen LogP contribution >= 0.6 is 24.0 Å². The largest absolute Gasteiger partial charge is 0.398 e. The molecule has 0 bridgehead atoms. The molecule has 0 atom stereocenters. The second-order valence-electron chi connectivity index (χ2n) is 2.41. The fraction of sp³-hybridized carbons (Fsp3) is 0. The van der Waals surface area contributed by atoms with Crippen molar-refractivity contribution in [1.82, 2.24) is 4.98 Å². The predicted octanol–water partition coefficient (Wildman–Crippen LogP) is 2.83. The predicted molar refractivity (Wildman–Crippen MR) is 55.0 cm³/mol. The van der Waals surface area contributed by atoms with Gasteiger partial charge < -0.3 is 10.7 Å². The molecule has 3 N–H and O–H groups in total. The number of hydrogen-bond acceptors (Lipinski definition) is 1. The zero-order chi connectivity index (χ0) is 7.84. The summed E-state index contributed by atoms with van der Waals surface area (Å²) in [6.07, 6.45) is 1.74. The molecule has 0 unspecified atom stereocenters. The third-order valence-corrected chi connectivity index (χ3v) is 1.99. The van der Waals surface area contributed by atoms with Crippen molar-refractivity contribution in [3.8, 4) is 0 Å². The number of H-pyrrole nitrogens is 1. The molecule has 0 aliphatic rings. The van der Waals surface area contributed by atoms with Gasteiger partial charge in [0, 0.05) is 22.8 Å². The summed E-state index contributed by atoms with van der Waals surface area (Å²) in [6, 6.07) is 5.67. The SMILES string of the molecule is Cl.Nc1cccc2[nH]cc(Cl)c12. The first-order valence-electron chi connectivity index (χ1n) is 3.30. The molecule has 2 nitrogen and oxygen atoms in total. The van der Waals surface area contributed by atoms with E-state index in [0.29, 0.717) is 10.7 Å². The van der Waals surface area contributed by atoms with Crippen LogP contribution in [0.1, 0.15) is 0 Å². The van der Waals surface area contributed by atoms with Crippen LogP contribution in [0.25, 0.3) is 10.9 Å². The number of rotatable bonds is 0. The Morgan fingerprint density at radius 1 is 1.33 bits per heavy atom. The van der Waals surface area contributed by atoms with Gasteiger partial charge >= 0.3 is 0 Å². The Hall–Kier alpha value is -0.860. The minimum absolute atomic E-state index is 0. The quantitative estimate of drug-likeness (QED) is 0.635. The number of halogens is 2. The van der Waals surface area contributed by atoms with Gasteiger partial charge in [-0.2, -0.15) is 0 Å². The molecule has 0 fully saturated rings. The fourth-order valence-electron chi connectivity index (χ4n) is 1.17. The summed E-state index contributed by atoms with van der Waals surface area (Å²) >= 11 is 5.87. The van der Waals surface area contributed by atoms with Gasteiger partial charge in [-0.25, -0.2) is 0 Å². The molecule has 1 aromatic heterocycles.